The monoisotopic (exact) mass is 305 g/mol. The number of amides is 1. The highest BCUT2D eigenvalue weighted by molar-refractivity contribution is 5.94. The van der Waals surface area contributed by atoms with Gasteiger partial charge in [-0.3, -0.25) is 9.59 Å². The third-order valence-electron chi connectivity index (χ3n) is 4.26. The molecule has 1 aromatic rings. The highest BCUT2D eigenvalue weighted by Gasteiger charge is 2.39. The second-order valence-electron chi connectivity index (χ2n) is 5.79. The van der Waals surface area contributed by atoms with Crippen molar-refractivity contribution in [1.29, 1.82) is 0 Å². The molecule has 120 valence electrons. The Labute approximate surface area is 130 Å². The summed E-state index contributed by atoms with van der Waals surface area (Å²) in [5.41, 5.74) is -0.326. The molecule has 2 N–H and O–H groups in total. The first-order valence-electron chi connectivity index (χ1n) is 7.82. The molecule has 0 saturated heterocycles. The molecule has 1 amide bonds. The van der Waals surface area contributed by atoms with Gasteiger partial charge in [0.1, 0.15) is 5.75 Å². The molecule has 5 nitrogen and oxygen atoms in total. The Bertz CT molecular complexity index is 535. The van der Waals surface area contributed by atoms with Gasteiger partial charge in [0.05, 0.1) is 12.0 Å². The molecule has 22 heavy (non-hydrogen) atoms. The average Bonchev–Trinajstić information content (AvgIpc) is 2.54. The van der Waals surface area contributed by atoms with Gasteiger partial charge in [-0.1, -0.05) is 25.3 Å². The van der Waals surface area contributed by atoms with Crippen molar-refractivity contribution in [2.24, 2.45) is 5.41 Å². The van der Waals surface area contributed by atoms with Crippen molar-refractivity contribution in [3.8, 4) is 5.75 Å². The van der Waals surface area contributed by atoms with E-state index in [2.05, 4.69) is 5.32 Å². The summed E-state index contributed by atoms with van der Waals surface area (Å²) < 4.78 is 5.38. The van der Waals surface area contributed by atoms with E-state index >= 15 is 0 Å². The number of carbonyl (C=O) groups is 2. The maximum atomic E-state index is 12.2. The van der Waals surface area contributed by atoms with Gasteiger partial charge in [0.15, 0.2) is 0 Å². The maximum absolute atomic E-state index is 12.2. The molecule has 1 aliphatic carbocycles. The van der Waals surface area contributed by atoms with Gasteiger partial charge >= 0.3 is 5.97 Å². The summed E-state index contributed by atoms with van der Waals surface area (Å²) in [7, 11) is 0. The lowest BCUT2D eigenvalue weighted by molar-refractivity contribution is -0.150. The van der Waals surface area contributed by atoms with E-state index in [1.54, 1.807) is 24.3 Å². The zero-order chi connectivity index (χ0) is 16.0. The number of aliphatic carboxylic acids is 1. The Hall–Kier alpha value is -2.04. The number of carbonyl (C=O) groups excluding carboxylic acids is 1. The highest BCUT2D eigenvalue weighted by atomic mass is 16.5. The molecule has 2 rings (SSSR count). The summed E-state index contributed by atoms with van der Waals surface area (Å²) in [4.78, 5) is 23.8. The minimum Gasteiger partial charge on any atom is -0.494 e. The summed E-state index contributed by atoms with van der Waals surface area (Å²) >= 11 is 0. The number of rotatable bonds is 6. The molecular formula is C17H23NO4. The highest BCUT2D eigenvalue weighted by Crippen LogP contribution is 2.36. The lowest BCUT2D eigenvalue weighted by Gasteiger charge is -2.33. The first kappa shape index (κ1) is 16.3. The smallest absolute Gasteiger partial charge is 0.311 e. The van der Waals surface area contributed by atoms with E-state index < -0.39 is 11.4 Å². The summed E-state index contributed by atoms with van der Waals surface area (Å²) in [6.45, 7) is 2.60. The lowest BCUT2D eigenvalue weighted by atomic mass is 9.74. The summed E-state index contributed by atoms with van der Waals surface area (Å²) in [5.74, 6) is -0.427. The molecule has 1 aromatic carbocycles. The predicted molar refractivity (Wildman–Crippen MR) is 83.1 cm³/mol. The van der Waals surface area contributed by atoms with Crippen molar-refractivity contribution in [1.82, 2.24) is 5.32 Å². The molecule has 1 aliphatic rings. The first-order chi connectivity index (χ1) is 10.6. The Morgan fingerprint density at radius 1 is 1.27 bits per heavy atom. The van der Waals surface area contributed by atoms with Crippen molar-refractivity contribution in [2.75, 3.05) is 13.2 Å². The number of hydrogen-bond donors (Lipinski definition) is 2. The van der Waals surface area contributed by atoms with Gasteiger partial charge in [-0.15, -0.1) is 0 Å². The molecule has 0 spiro atoms. The largest absolute Gasteiger partial charge is 0.494 e. The van der Waals surface area contributed by atoms with Crippen LogP contribution in [-0.4, -0.2) is 30.1 Å². The molecule has 1 saturated carbocycles. The van der Waals surface area contributed by atoms with Crippen LogP contribution in [0.15, 0.2) is 24.3 Å². The van der Waals surface area contributed by atoms with Gasteiger partial charge < -0.3 is 15.2 Å². The molecular weight excluding hydrogens is 282 g/mol. The Balaban J connectivity index is 2.02. The topological polar surface area (TPSA) is 75.6 Å². The molecule has 0 atom stereocenters. The Kier molecular flexibility index (Phi) is 5.41. The van der Waals surface area contributed by atoms with E-state index in [0.717, 1.165) is 19.3 Å². The van der Waals surface area contributed by atoms with Gasteiger partial charge in [-0.2, -0.15) is 0 Å². The number of hydrogen-bond acceptors (Lipinski definition) is 3. The minimum atomic E-state index is -0.814. The van der Waals surface area contributed by atoms with Crippen molar-refractivity contribution in [3.05, 3.63) is 29.8 Å². The number of benzene rings is 1. The first-order valence-corrected chi connectivity index (χ1v) is 7.82. The van der Waals surface area contributed by atoms with Crippen LogP contribution in [0.3, 0.4) is 0 Å². The lowest BCUT2D eigenvalue weighted by Crippen LogP contribution is -2.44. The molecule has 1 fully saturated rings. The van der Waals surface area contributed by atoms with Crippen LogP contribution >= 0.6 is 0 Å². The van der Waals surface area contributed by atoms with Gasteiger partial charge in [0, 0.05) is 12.1 Å². The van der Waals surface area contributed by atoms with Gasteiger partial charge in [-0.05, 0) is 38.0 Å². The third-order valence-corrected chi connectivity index (χ3v) is 4.26. The normalized spacial score (nSPS) is 16.8. The average molecular weight is 305 g/mol. The van der Waals surface area contributed by atoms with Crippen LogP contribution in [0.5, 0.6) is 5.75 Å². The zero-order valence-corrected chi connectivity index (χ0v) is 12.9. The fourth-order valence-electron chi connectivity index (χ4n) is 2.94. The van der Waals surface area contributed by atoms with Crippen LogP contribution in [0, 0.1) is 5.41 Å². The number of nitrogens with one attached hydrogen (secondary N) is 1. The van der Waals surface area contributed by atoms with Gasteiger partial charge in [-0.25, -0.2) is 0 Å². The van der Waals surface area contributed by atoms with E-state index in [-0.39, 0.29) is 12.5 Å². The Morgan fingerprint density at radius 2 is 2.00 bits per heavy atom. The quantitative estimate of drug-likeness (QED) is 0.847. The second-order valence-corrected chi connectivity index (χ2v) is 5.79. The Morgan fingerprint density at radius 3 is 2.64 bits per heavy atom. The van der Waals surface area contributed by atoms with Crippen LogP contribution in [0.25, 0.3) is 0 Å². The summed E-state index contributed by atoms with van der Waals surface area (Å²) in [5, 5.41) is 12.3. The van der Waals surface area contributed by atoms with Crippen molar-refractivity contribution < 1.29 is 19.4 Å². The van der Waals surface area contributed by atoms with E-state index in [9.17, 15) is 14.7 Å². The second kappa shape index (κ2) is 7.29. The standard InChI is InChI=1S/C17H23NO4/c1-2-22-14-8-6-7-13(11-14)15(19)18-12-17(16(20)21)9-4-3-5-10-17/h6-8,11H,2-5,9-10,12H2,1H3,(H,18,19)(H,20,21). The molecule has 0 unspecified atom stereocenters. The van der Waals surface area contributed by atoms with Crippen molar-refractivity contribution in [3.63, 3.8) is 0 Å². The van der Waals surface area contributed by atoms with Crippen LogP contribution in [-0.2, 0) is 4.79 Å². The fraction of sp³-hybridized carbons (Fsp3) is 0.529. The number of carboxylic acids is 1. The van der Waals surface area contributed by atoms with Crippen molar-refractivity contribution >= 4 is 11.9 Å². The van der Waals surface area contributed by atoms with Crippen LogP contribution in [0.2, 0.25) is 0 Å². The summed E-state index contributed by atoms with van der Waals surface area (Å²) in [6.07, 6.45) is 4.13. The van der Waals surface area contributed by atoms with Gasteiger partial charge in [0.2, 0.25) is 0 Å². The number of carboxylic acid groups (broad SMARTS) is 1. The minimum absolute atomic E-state index is 0.181. The number of ether oxygens (including phenoxy) is 1. The molecule has 0 aromatic heterocycles. The molecule has 0 bridgehead atoms. The third kappa shape index (κ3) is 3.78. The molecule has 0 heterocycles. The van der Waals surface area contributed by atoms with Gasteiger partial charge in [0.25, 0.3) is 5.91 Å². The van der Waals surface area contributed by atoms with Crippen LogP contribution in [0.1, 0.15) is 49.4 Å². The molecule has 5 heteroatoms. The zero-order valence-electron chi connectivity index (χ0n) is 12.9. The van der Waals surface area contributed by atoms with E-state index in [4.69, 9.17) is 4.74 Å². The van der Waals surface area contributed by atoms with E-state index in [1.165, 1.54) is 0 Å². The molecule has 0 aliphatic heterocycles. The van der Waals surface area contributed by atoms with Crippen molar-refractivity contribution in [2.45, 2.75) is 39.0 Å². The SMILES string of the molecule is CCOc1cccc(C(=O)NCC2(C(=O)O)CCCCC2)c1. The van der Waals surface area contributed by atoms with E-state index in [1.807, 2.05) is 6.92 Å². The van der Waals surface area contributed by atoms with Crippen LogP contribution in [0.4, 0.5) is 0 Å². The predicted octanol–water partition coefficient (Wildman–Crippen LogP) is 2.85. The fourth-order valence-corrected chi connectivity index (χ4v) is 2.94. The van der Waals surface area contributed by atoms with E-state index in [0.29, 0.717) is 30.8 Å². The van der Waals surface area contributed by atoms with Crippen LogP contribution < -0.4 is 10.1 Å². The summed E-state index contributed by atoms with van der Waals surface area (Å²) in [6, 6.07) is 6.92. The molecule has 0 radical (unpaired) electrons. The maximum Gasteiger partial charge on any atom is 0.311 e.